The Morgan fingerprint density at radius 2 is 2.10 bits per heavy atom. The van der Waals surface area contributed by atoms with Crippen LogP contribution >= 0.6 is 27.3 Å². The SMILES string of the molecule is Nc1csc(NN=Cc2c(Br)ccc(C(F)(F)F)c2F)n1. The van der Waals surface area contributed by atoms with E-state index in [1.165, 1.54) is 0 Å². The lowest BCUT2D eigenvalue weighted by atomic mass is 10.1. The van der Waals surface area contributed by atoms with Gasteiger partial charge in [0.2, 0.25) is 5.13 Å². The van der Waals surface area contributed by atoms with Gasteiger partial charge in [-0.2, -0.15) is 18.3 Å². The number of nitrogens with two attached hydrogens (primary N) is 1. The largest absolute Gasteiger partial charge is 0.419 e. The highest BCUT2D eigenvalue weighted by atomic mass is 79.9. The van der Waals surface area contributed by atoms with E-state index in [0.29, 0.717) is 11.2 Å². The minimum Gasteiger partial charge on any atom is -0.383 e. The number of nitrogen functional groups attached to an aromatic ring is 1. The van der Waals surface area contributed by atoms with Gasteiger partial charge in [-0.3, -0.25) is 5.43 Å². The van der Waals surface area contributed by atoms with Crippen molar-refractivity contribution in [3.05, 3.63) is 38.9 Å². The van der Waals surface area contributed by atoms with Crippen LogP contribution in [0, 0.1) is 5.82 Å². The van der Waals surface area contributed by atoms with Gasteiger partial charge in [-0.15, -0.1) is 11.3 Å². The zero-order valence-electron chi connectivity index (χ0n) is 10.1. The Bertz CT molecular complexity index is 683. The molecule has 4 nitrogen and oxygen atoms in total. The number of halogens is 5. The quantitative estimate of drug-likeness (QED) is 0.477. The highest BCUT2D eigenvalue weighted by molar-refractivity contribution is 9.10. The van der Waals surface area contributed by atoms with E-state index in [1.54, 1.807) is 5.38 Å². The lowest BCUT2D eigenvalue weighted by Crippen LogP contribution is -2.10. The zero-order chi connectivity index (χ0) is 15.6. The molecule has 0 aliphatic rings. The Balaban J connectivity index is 2.27. The maximum absolute atomic E-state index is 13.9. The molecule has 3 N–H and O–H groups in total. The van der Waals surface area contributed by atoms with Crippen LogP contribution in [0.15, 0.2) is 27.1 Å². The van der Waals surface area contributed by atoms with Crippen LogP contribution in [-0.2, 0) is 6.18 Å². The first-order valence-electron chi connectivity index (χ1n) is 5.34. The minimum atomic E-state index is -4.77. The van der Waals surface area contributed by atoms with Crippen molar-refractivity contribution >= 4 is 44.4 Å². The maximum atomic E-state index is 13.9. The average molecular weight is 383 g/mol. The molecule has 0 saturated heterocycles. The number of hydrogen-bond acceptors (Lipinski definition) is 5. The van der Waals surface area contributed by atoms with Crippen LogP contribution < -0.4 is 11.2 Å². The molecular formula is C11H7BrF4N4S. The van der Waals surface area contributed by atoms with E-state index in [1.807, 2.05) is 0 Å². The molecule has 112 valence electrons. The van der Waals surface area contributed by atoms with Gasteiger partial charge in [0, 0.05) is 15.4 Å². The number of rotatable bonds is 3. The van der Waals surface area contributed by atoms with Crippen LogP contribution in [0.1, 0.15) is 11.1 Å². The van der Waals surface area contributed by atoms with E-state index < -0.39 is 17.6 Å². The number of nitrogens with one attached hydrogen (secondary N) is 1. The van der Waals surface area contributed by atoms with E-state index >= 15 is 0 Å². The van der Waals surface area contributed by atoms with Crippen molar-refractivity contribution in [3.8, 4) is 0 Å². The number of benzene rings is 1. The third-order valence-corrected chi connectivity index (χ3v) is 3.76. The lowest BCUT2D eigenvalue weighted by Gasteiger charge is -2.10. The third kappa shape index (κ3) is 3.70. The molecule has 0 aliphatic heterocycles. The Hall–Kier alpha value is -1.68. The van der Waals surface area contributed by atoms with Gasteiger partial charge in [-0.05, 0) is 12.1 Å². The van der Waals surface area contributed by atoms with Crippen LogP contribution in [0.4, 0.5) is 28.5 Å². The summed E-state index contributed by atoms with van der Waals surface area (Å²) in [7, 11) is 0. The summed E-state index contributed by atoms with van der Waals surface area (Å²) in [6.45, 7) is 0. The molecule has 0 fully saturated rings. The first-order chi connectivity index (χ1) is 9.79. The van der Waals surface area contributed by atoms with Crippen molar-refractivity contribution in [2.75, 3.05) is 11.2 Å². The second kappa shape index (κ2) is 5.98. The first-order valence-corrected chi connectivity index (χ1v) is 7.01. The number of thiazole rings is 1. The fourth-order valence-corrected chi connectivity index (χ4v) is 2.35. The predicted molar refractivity (Wildman–Crippen MR) is 76.8 cm³/mol. The molecule has 0 radical (unpaired) electrons. The minimum absolute atomic E-state index is 0.150. The van der Waals surface area contributed by atoms with E-state index in [4.69, 9.17) is 5.73 Å². The summed E-state index contributed by atoms with van der Waals surface area (Å²) in [5.41, 5.74) is 6.17. The molecule has 21 heavy (non-hydrogen) atoms. The lowest BCUT2D eigenvalue weighted by molar-refractivity contribution is -0.140. The highest BCUT2D eigenvalue weighted by Gasteiger charge is 2.35. The fraction of sp³-hybridized carbons (Fsp3) is 0.0909. The molecule has 0 amide bonds. The predicted octanol–water partition coefficient (Wildman–Crippen LogP) is 4.09. The summed E-state index contributed by atoms with van der Waals surface area (Å²) in [5, 5.41) is 5.54. The summed E-state index contributed by atoms with van der Waals surface area (Å²) in [4.78, 5) is 3.83. The molecule has 1 aromatic carbocycles. The zero-order valence-corrected chi connectivity index (χ0v) is 12.5. The molecule has 0 spiro atoms. The van der Waals surface area contributed by atoms with E-state index in [9.17, 15) is 17.6 Å². The Morgan fingerprint density at radius 3 is 2.67 bits per heavy atom. The standard InChI is InChI=1S/C11H7BrF4N4S/c12-7-2-1-6(11(14,15)16)9(13)5(7)3-18-20-10-19-8(17)4-21-10/h1-4H,17H2,(H,19,20). The van der Waals surface area contributed by atoms with Crippen LogP contribution in [0.3, 0.4) is 0 Å². The van der Waals surface area contributed by atoms with Gasteiger partial charge >= 0.3 is 6.18 Å². The number of anilines is 2. The van der Waals surface area contributed by atoms with Crippen LogP contribution in [-0.4, -0.2) is 11.2 Å². The molecule has 0 atom stereocenters. The number of hydrogen-bond donors (Lipinski definition) is 2. The van der Waals surface area contributed by atoms with Crippen molar-refractivity contribution in [1.82, 2.24) is 4.98 Å². The van der Waals surface area contributed by atoms with Gasteiger partial charge in [0.15, 0.2) is 0 Å². The molecule has 0 bridgehead atoms. The van der Waals surface area contributed by atoms with E-state index in [0.717, 1.165) is 23.6 Å². The third-order valence-electron chi connectivity index (χ3n) is 2.31. The normalized spacial score (nSPS) is 12.0. The van der Waals surface area contributed by atoms with Crippen molar-refractivity contribution in [1.29, 1.82) is 0 Å². The Morgan fingerprint density at radius 1 is 1.38 bits per heavy atom. The van der Waals surface area contributed by atoms with Crippen molar-refractivity contribution in [2.24, 2.45) is 5.10 Å². The fourth-order valence-electron chi connectivity index (χ4n) is 1.40. The molecule has 0 saturated carbocycles. The summed E-state index contributed by atoms with van der Waals surface area (Å²) in [6.07, 6.45) is -3.84. The molecular weight excluding hydrogens is 376 g/mol. The molecule has 1 heterocycles. The van der Waals surface area contributed by atoms with Gasteiger partial charge in [0.05, 0.1) is 11.8 Å². The second-order valence-corrected chi connectivity index (χ2v) is 5.48. The van der Waals surface area contributed by atoms with Crippen molar-refractivity contribution < 1.29 is 17.6 Å². The molecule has 10 heteroatoms. The van der Waals surface area contributed by atoms with Gasteiger partial charge in [0.1, 0.15) is 11.6 Å². The summed E-state index contributed by atoms with van der Waals surface area (Å²) in [5.74, 6) is -1.12. The molecule has 0 unspecified atom stereocenters. The summed E-state index contributed by atoms with van der Waals surface area (Å²) >= 11 is 4.13. The Labute approximate surface area is 128 Å². The average Bonchev–Trinajstić information content (AvgIpc) is 2.77. The van der Waals surface area contributed by atoms with E-state index in [2.05, 4.69) is 31.4 Å². The van der Waals surface area contributed by atoms with Crippen LogP contribution in [0.2, 0.25) is 0 Å². The first kappa shape index (κ1) is 15.7. The topological polar surface area (TPSA) is 63.3 Å². The highest BCUT2D eigenvalue weighted by Crippen LogP contribution is 2.34. The molecule has 1 aromatic heterocycles. The van der Waals surface area contributed by atoms with Crippen LogP contribution in [0.5, 0.6) is 0 Å². The number of hydrazone groups is 1. The monoisotopic (exact) mass is 382 g/mol. The van der Waals surface area contributed by atoms with Gasteiger partial charge in [-0.1, -0.05) is 15.9 Å². The number of alkyl halides is 3. The smallest absolute Gasteiger partial charge is 0.383 e. The maximum Gasteiger partial charge on any atom is 0.419 e. The summed E-state index contributed by atoms with van der Waals surface area (Å²) < 4.78 is 51.8. The van der Waals surface area contributed by atoms with Crippen molar-refractivity contribution in [2.45, 2.75) is 6.18 Å². The number of nitrogens with zero attached hydrogens (tertiary/aromatic N) is 2. The summed E-state index contributed by atoms with van der Waals surface area (Å²) in [6, 6.07) is 1.76. The molecule has 2 rings (SSSR count). The van der Waals surface area contributed by atoms with E-state index in [-0.39, 0.29) is 15.9 Å². The Kier molecular flexibility index (Phi) is 4.47. The molecule has 2 aromatic rings. The van der Waals surface area contributed by atoms with Gasteiger partial charge in [0.25, 0.3) is 0 Å². The van der Waals surface area contributed by atoms with Gasteiger partial charge in [-0.25, -0.2) is 9.37 Å². The molecule has 0 aliphatic carbocycles. The second-order valence-electron chi connectivity index (χ2n) is 3.77. The van der Waals surface area contributed by atoms with Gasteiger partial charge < -0.3 is 5.73 Å². The number of aromatic nitrogens is 1. The van der Waals surface area contributed by atoms with Crippen LogP contribution in [0.25, 0.3) is 0 Å². The van der Waals surface area contributed by atoms with Crippen molar-refractivity contribution in [3.63, 3.8) is 0 Å².